The number of nitrogens with zero attached hydrogens (tertiary/aromatic N) is 2. The molecule has 3 aliphatic rings. The first-order valence-corrected chi connectivity index (χ1v) is 21.2. The van der Waals surface area contributed by atoms with E-state index in [0.717, 1.165) is 16.8 Å². The number of aliphatic imine (C=N–C) groups is 1. The Morgan fingerprint density at radius 1 is 0.985 bits per heavy atom. The minimum atomic E-state index is -1.83. The largest absolute Gasteiger partial charge is 0.480 e. The van der Waals surface area contributed by atoms with Crippen molar-refractivity contribution in [2.75, 3.05) is 33.3 Å². The molecular formula is C38H64N12O15. The maximum Gasteiger partial charge on any atom is 0.330 e. The predicted molar refractivity (Wildman–Crippen MR) is 226 cm³/mol. The first-order chi connectivity index (χ1) is 30.7. The molecule has 4 rings (SSSR count). The second kappa shape index (κ2) is 23.8. The molecule has 27 heteroatoms. The molecule has 1 aromatic heterocycles. The topological polar surface area (TPSA) is 421 Å². The molecule has 14 atom stereocenters. The van der Waals surface area contributed by atoms with Crippen molar-refractivity contribution in [2.45, 2.75) is 132 Å². The van der Waals surface area contributed by atoms with E-state index in [4.69, 9.17) is 36.1 Å². The second-order valence-corrected chi connectivity index (χ2v) is 16.7. The number of guanidine groups is 1. The number of aromatic amines is 1. The number of nitrogens with one attached hydrogen (secondary N) is 7. The minimum absolute atomic E-state index is 0.0230. The first-order valence-electron chi connectivity index (χ1n) is 21.2. The van der Waals surface area contributed by atoms with Gasteiger partial charge in [0.2, 0.25) is 17.7 Å². The molecule has 5 amide bonds. The molecule has 0 radical (unpaired) electrons. The Bertz CT molecular complexity index is 1950. The third kappa shape index (κ3) is 13.6. The van der Waals surface area contributed by atoms with Gasteiger partial charge in [0.15, 0.2) is 18.5 Å². The van der Waals surface area contributed by atoms with E-state index in [0.29, 0.717) is 0 Å². The Hall–Kier alpha value is -5.26. The van der Waals surface area contributed by atoms with E-state index < -0.39 is 132 Å². The molecule has 17 N–H and O–H groups in total. The van der Waals surface area contributed by atoms with Gasteiger partial charge in [-0.3, -0.25) is 33.7 Å². The lowest BCUT2D eigenvalue weighted by atomic mass is 9.98. The monoisotopic (exact) mass is 928 g/mol. The number of aromatic nitrogens is 2. The zero-order chi connectivity index (χ0) is 48.3. The highest BCUT2D eigenvalue weighted by Crippen LogP contribution is 2.34. The Morgan fingerprint density at radius 2 is 1.69 bits per heavy atom. The lowest BCUT2D eigenvalue weighted by Crippen LogP contribution is -2.64. The van der Waals surface area contributed by atoms with Crippen LogP contribution in [0.1, 0.15) is 53.2 Å². The number of aliphatic hydroxyl groups excluding tert-OH is 3. The van der Waals surface area contributed by atoms with Gasteiger partial charge >= 0.3 is 17.7 Å². The number of H-pyrrole nitrogens is 1. The molecule has 0 saturated carbocycles. The van der Waals surface area contributed by atoms with Crippen LogP contribution in [-0.4, -0.2) is 178 Å². The minimum Gasteiger partial charge on any atom is -0.480 e. The predicted octanol–water partition coefficient (Wildman–Crippen LogP) is -6.47. The van der Waals surface area contributed by atoms with Crippen LogP contribution in [0, 0.1) is 11.8 Å². The van der Waals surface area contributed by atoms with Crippen LogP contribution in [0.5, 0.6) is 0 Å². The molecule has 4 heterocycles. The fraction of sp³-hybridized carbons (Fsp3) is 0.737. The number of nitrogens with two attached hydrogens (primary N) is 3. The summed E-state index contributed by atoms with van der Waals surface area (Å²) in [4.78, 5) is 95.8. The SMILES string of the molecule is CO[C@H]1[C@H](OC([C@H](NCCCNC(=O)[C@H](CC(C)C)NC(=O)[C@@H](NC(=O)N[C@H](C(=O)O)C(C)C)[C@@H]2CCN=C(N)N2)C(N)=O)[C@H]2O[C@@H](n3ccc(=O)[nH]c3=O)[C@H](O)[C@@H]2O)O[C@H](CN)[C@H]1O. The normalized spacial score (nSPS) is 27.7. The molecule has 2 saturated heterocycles. The molecule has 27 nitrogen and oxygen atoms in total. The van der Waals surface area contributed by atoms with E-state index >= 15 is 0 Å². The number of hydrogen-bond acceptors (Lipinski definition) is 19. The number of amides is 5. The van der Waals surface area contributed by atoms with Gasteiger partial charge in [-0.15, -0.1) is 0 Å². The van der Waals surface area contributed by atoms with Gasteiger partial charge in [-0.05, 0) is 37.6 Å². The lowest BCUT2D eigenvalue weighted by Gasteiger charge is -2.34. The quantitative estimate of drug-likeness (QED) is 0.0454. The zero-order valence-corrected chi connectivity index (χ0v) is 36.7. The molecule has 2 fully saturated rings. The molecule has 0 aromatic carbocycles. The van der Waals surface area contributed by atoms with Crippen molar-refractivity contribution in [2.24, 2.45) is 34.0 Å². The van der Waals surface area contributed by atoms with Crippen LogP contribution in [0.2, 0.25) is 0 Å². The molecule has 0 aliphatic carbocycles. The van der Waals surface area contributed by atoms with Gasteiger partial charge in [-0.25, -0.2) is 14.4 Å². The van der Waals surface area contributed by atoms with Gasteiger partial charge in [-0.1, -0.05) is 27.7 Å². The smallest absolute Gasteiger partial charge is 0.330 e. The number of aliphatic hydroxyl groups is 3. The highest BCUT2D eigenvalue weighted by Gasteiger charge is 2.54. The summed E-state index contributed by atoms with van der Waals surface area (Å²) in [5.74, 6) is -4.23. The highest BCUT2D eigenvalue weighted by molar-refractivity contribution is 5.93. The fourth-order valence-electron chi connectivity index (χ4n) is 7.67. The number of carboxylic acid groups (broad SMARTS) is 1. The van der Waals surface area contributed by atoms with E-state index in [2.05, 4.69) is 36.9 Å². The summed E-state index contributed by atoms with van der Waals surface area (Å²) < 4.78 is 24.1. The first kappa shape index (κ1) is 52.4. The second-order valence-electron chi connectivity index (χ2n) is 16.7. The van der Waals surface area contributed by atoms with Gasteiger partial charge in [0, 0.05) is 39.0 Å². The maximum atomic E-state index is 13.9. The molecule has 1 unspecified atom stereocenters. The molecule has 65 heavy (non-hydrogen) atoms. The molecule has 0 bridgehead atoms. The summed E-state index contributed by atoms with van der Waals surface area (Å²) in [5, 5.41) is 58.7. The summed E-state index contributed by atoms with van der Waals surface area (Å²) in [6, 6.07) is -5.95. The van der Waals surface area contributed by atoms with Crippen molar-refractivity contribution in [3.05, 3.63) is 33.1 Å². The summed E-state index contributed by atoms with van der Waals surface area (Å²) in [5.41, 5.74) is 15.8. The molecule has 366 valence electrons. The average Bonchev–Trinajstić information content (AvgIpc) is 3.70. The molecule has 1 aromatic rings. The van der Waals surface area contributed by atoms with Crippen LogP contribution in [0.25, 0.3) is 0 Å². The van der Waals surface area contributed by atoms with Gasteiger partial charge in [0.1, 0.15) is 66.9 Å². The van der Waals surface area contributed by atoms with Crippen LogP contribution in [0.15, 0.2) is 26.8 Å². The third-order valence-corrected chi connectivity index (χ3v) is 11.1. The maximum absolute atomic E-state index is 13.9. The fourth-order valence-corrected chi connectivity index (χ4v) is 7.67. The Kier molecular flexibility index (Phi) is 19.2. The summed E-state index contributed by atoms with van der Waals surface area (Å²) in [6.07, 6.45) is -11.7. The molecular weight excluding hydrogens is 864 g/mol. The summed E-state index contributed by atoms with van der Waals surface area (Å²) in [7, 11) is 1.26. The molecule has 3 aliphatic heterocycles. The van der Waals surface area contributed by atoms with Gasteiger partial charge < -0.3 is 88.5 Å². The highest BCUT2D eigenvalue weighted by atomic mass is 16.7. The van der Waals surface area contributed by atoms with E-state index in [1.165, 1.54) is 7.11 Å². The van der Waals surface area contributed by atoms with E-state index in [1.54, 1.807) is 13.8 Å². The van der Waals surface area contributed by atoms with Crippen LogP contribution in [0.4, 0.5) is 4.79 Å². The van der Waals surface area contributed by atoms with Gasteiger partial charge in [0.25, 0.3) is 5.56 Å². The summed E-state index contributed by atoms with van der Waals surface area (Å²) in [6.45, 7) is 6.85. The Morgan fingerprint density at radius 3 is 2.28 bits per heavy atom. The van der Waals surface area contributed by atoms with Crippen molar-refractivity contribution < 1.29 is 63.3 Å². The van der Waals surface area contributed by atoms with Crippen LogP contribution in [0.3, 0.4) is 0 Å². The van der Waals surface area contributed by atoms with E-state index in [-0.39, 0.29) is 57.3 Å². The van der Waals surface area contributed by atoms with Crippen LogP contribution < -0.4 is 60.4 Å². The van der Waals surface area contributed by atoms with Crippen LogP contribution in [-0.2, 0) is 38.1 Å². The number of aliphatic carboxylic acids is 1. The Balaban J connectivity index is 1.47. The standard InChI is InChI=1S/C38H64N12O15/c1-15(2)13-18(45-32(57)22(17-7-11-44-36(41)46-17)49-37(60)48-21(16(3)4)34(58)59)31(56)43-10-6-9-42-23(30(40)55)27(65-35-29(62-5)24(52)19(14-39)63-35)28-25(53)26(54)33(64-28)50-12-8-20(51)47-38(50)61/h8,12,15-19,21-29,33,35,42,52-54H,6-7,9-11,13-14,39H2,1-5H3,(H2,40,55)(H,43,56)(H,45,57)(H,58,59)(H3,41,44,46)(H,47,51,61)(H2,48,49,60)/t17-,18-,19+,21-,22-,23-,24+,25-,26+,27?,28-,29+,33+,35-/m0/s1. The van der Waals surface area contributed by atoms with E-state index in [1.807, 2.05) is 18.8 Å². The van der Waals surface area contributed by atoms with E-state index in [9.17, 15) is 54.0 Å². The number of carbonyl (C=O) groups is 5. The lowest BCUT2D eigenvalue weighted by molar-refractivity contribution is -0.229. The number of rotatable bonds is 23. The molecule has 0 spiro atoms. The number of urea groups is 1. The van der Waals surface area contributed by atoms with Gasteiger partial charge in [-0.2, -0.15) is 0 Å². The number of primary amides is 1. The van der Waals surface area contributed by atoms with Crippen molar-refractivity contribution >= 4 is 35.7 Å². The summed E-state index contributed by atoms with van der Waals surface area (Å²) >= 11 is 0. The number of hydrogen-bond donors (Lipinski definition) is 14. The average molecular weight is 929 g/mol. The van der Waals surface area contributed by atoms with Crippen molar-refractivity contribution in [1.29, 1.82) is 0 Å². The zero-order valence-electron chi connectivity index (χ0n) is 36.7. The number of ether oxygens (including phenoxy) is 4. The number of carbonyl (C=O) groups excluding carboxylic acids is 4. The number of methoxy groups -OCH3 is 1. The van der Waals surface area contributed by atoms with Crippen molar-refractivity contribution in [3.63, 3.8) is 0 Å². The van der Waals surface area contributed by atoms with Crippen molar-refractivity contribution in [3.8, 4) is 0 Å². The Labute approximate surface area is 372 Å². The van der Waals surface area contributed by atoms with Crippen LogP contribution >= 0.6 is 0 Å². The third-order valence-electron chi connectivity index (χ3n) is 11.1. The number of carboxylic acids is 1. The van der Waals surface area contributed by atoms with Gasteiger partial charge in [0.05, 0.1) is 6.04 Å². The van der Waals surface area contributed by atoms with Crippen molar-refractivity contribution in [1.82, 2.24) is 41.5 Å².